The summed E-state index contributed by atoms with van der Waals surface area (Å²) in [4.78, 5) is 2.30. The lowest BCUT2D eigenvalue weighted by atomic mass is 10.2. The van der Waals surface area contributed by atoms with Crippen LogP contribution in [0.15, 0.2) is 49.1 Å². The molecule has 0 saturated heterocycles. The first-order valence-corrected chi connectivity index (χ1v) is 5.37. The molecule has 0 spiro atoms. The van der Waals surface area contributed by atoms with Crippen molar-refractivity contribution >= 4 is 0 Å². The maximum Gasteiger partial charge on any atom is 0.0166 e. The smallest absolute Gasteiger partial charge is 0.0166 e. The van der Waals surface area contributed by atoms with E-state index in [4.69, 9.17) is 0 Å². The maximum atomic E-state index is 3.80. The van der Waals surface area contributed by atoms with Crippen LogP contribution in [-0.4, -0.2) is 24.5 Å². The van der Waals surface area contributed by atoms with Crippen molar-refractivity contribution in [3.63, 3.8) is 0 Å². The molecule has 0 bridgehead atoms. The van der Waals surface area contributed by atoms with Gasteiger partial charge in [-0.1, -0.05) is 42.5 Å². The van der Waals surface area contributed by atoms with Crippen molar-refractivity contribution in [3.8, 4) is 0 Å². The molecule has 1 atom stereocenters. The highest BCUT2D eigenvalue weighted by Crippen LogP contribution is 2.01. The lowest BCUT2D eigenvalue weighted by molar-refractivity contribution is 0.286. The van der Waals surface area contributed by atoms with Gasteiger partial charge in [0.1, 0.15) is 0 Å². The Morgan fingerprint density at radius 2 is 2.07 bits per heavy atom. The lowest BCUT2D eigenvalue weighted by Crippen LogP contribution is -2.28. The molecule has 0 aliphatic carbocycles. The first kappa shape index (κ1) is 13.9. The molecule has 0 N–H and O–H groups in total. The molecule has 0 aromatic carbocycles. The molecule has 0 aliphatic rings. The summed E-state index contributed by atoms with van der Waals surface area (Å²) in [6, 6.07) is 0.553. The SMILES string of the molecule is C=CCC(C)N(C)C/C=C\C=C/C(=C)C. The van der Waals surface area contributed by atoms with Gasteiger partial charge in [-0.25, -0.2) is 0 Å². The molecule has 84 valence electrons. The van der Waals surface area contributed by atoms with Crippen LogP contribution in [-0.2, 0) is 0 Å². The molecule has 0 heterocycles. The van der Waals surface area contributed by atoms with Crippen molar-refractivity contribution in [1.29, 1.82) is 0 Å². The largest absolute Gasteiger partial charge is 0.300 e. The summed E-state index contributed by atoms with van der Waals surface area (Å²) >= 11 is 0. The van der Waals surface area contributed by atoms with Crippen molar-refractivity contribution in [1.82, 2.24) is 4.90 Å². The number of hydrogen-bond acceptors (Lipinski definition) is 1. The highest BCUT2D eigenvalue weighted by Gasteiger charge is 2.03. The number of nitrogens with zero attached hydrogens (tertiary/aromatic N) is 1. The van der Waals surface area contributed by atoms with E-state index in [1.807, 2.05) is 25.2 Å². The van der Waals surface area contributed by atoms with Gasteiger partial charge in [-0.2, -0.15) is 0 Å². The quantitative estimate of drug-likeness (QED) is 0.453. The van der Waals surface area contributed by atoms with Crippen LogP contribution < -0.4 is 0 Å². The van der Waals surface area contributed by atoms with Crippen LogP contribution >= 0.6 is 0 Å². The Morgan fingerprint density at radius 3 is 2.60 bits per heavy atom. The zero-order chi connectivity index (χ0) is 11.7. The Morgan fingerprint density at radius 1 is 1.40 bits per heavy atom. The van der Waals surface area contributed by atoms with E-state index in [-0.39, 0.29) is 0 Å². The summed E-state index contributed by atoms with van der Waals surface area (Å²) in [5.41, 5.74) is 1.08. The summed E-state index contributed by atoms with van der Waals surface area (Å²) in [6.45, 7) is 12.7. The zero-order valence-corrected chi connectivity index (χ0v) is 10.2. The van der Waals surface area contributed by atoms with E-state index in [0.29, 0.717) is 6.04 Å². The first-order chi connectivity index (χ1) is 7.07. The van der Waals surface area contributed by atoms with Gasteiger partial charge in [0.15, 0.2) is 0 Å². The fraction of sp³-hybridized carbons (Fsp3) is 0.429. The van der Waals surface area contributed by atoms with Crippen molar-refractivity contribution in [3.05, 3.63) is 49.1 Å². The highest BCUT2D eigenvalue weighted by molar-refractivity contribution is 5.16. The Kier molecular flexibility index (Phi) is 7.65. The molecular formula is C14H23N. The zero-order valence-electron chi connectivity index (χ0n) is 10.2. The Hall–Kier alpha value is -1.08. The number of rotatable bonds is 7. The van der Waals surface area contributed by atoms with Crippen LogP contribution in [0, 0.1) is 0 Å². The predicted molar refractivity (Wildman–Crippen MR) is 70.0 cm³/mol. The molecule has 0 aromatic heterocycles. The second kappa shape index (κ2) is 8.25. The maximum absolute atomic E-state index is 3.80. The average molecular weight is 205 g/mol. The van der Waals surface area contributed by atoms with Gasteiger partial charge in [0, 0.05) is 12.6 Å². The summed E-state index contributed by atoms with van der Waals surface area (Å²) in [7, 11) is 2.13. The third-order valence-corrected chi connectivity index (χ3v) is 2.28. The first-order valence-electron chi connectivity index (χ1n) is 5.37. The van der Waals surface area contributed by atoms with E-state index in [9.17, 15) is 0 Å². The van der Waals surface area contributed by atoms with Gasteiger partial charge in [-0.15, -0.1) is 6.58 Å². The van der Waals surface area contributed by atoms with E-state index in [0.717, 1.165) is 18.5 Å². The van der Waals surface area contributed by atoms with Gasteiger partial charge in [0.25, 0.3) is 0 Å². The van der Waals surface area contributed by atoms with Crippen molar-refractivity contribution < 1.29 is 0 Å². The average Bonchev–Trinajstić information content (AvgIpc) is 2.16. The molecule has 0 aliphatic heterocycles. The highest BCUT2D eigenvalue weighted by atomic mass is 15.1. The second-order valence-electron chi connectivity index (χ2n) is 3.95. The number of allylic oxidation sites excluding steroid dienone is 4. The minimum atomic E-state index is 0.553. The van der Waals surface area contributed by atoms with Gasteiger partial charge < -0.3 is 0 Å². The van der Waals surface area contributed by atoms with Gasteiger partial charge in [0.05, 0.1) is 0 Å². The predicted octanol–water partition coefficient (Wildman–Crippen LogP) is 3.57. The van der Waals surface area contributed by atoms with Crippen LogP contribution in [0.2, 0.25) is 0 Å². The molecule has 0 radical (unpaired) electrons. The molecule has 1 heteroatoms. The van der Waals surface area contributed by atoms with Crippen LogP contribution in [0.5, 0.6) is 0 Å². The van der Waals surface area contributed by atoms with Gasteiger partial charge >= 0.3 is 0 Å². The standard InChI is InChI=1S/C14H23N/c1-6-10-14(4)15(5)12-9-7-8-11-13(2)3/h6-9,11,14H,1-2,10,12H2,3-5H3/b9-7-,11-8-. The molecule has 1 nitrogen and oxygen atoms in total. The monoisotopic (exact) mass is 205 g/mol. The van der Waals surface area contributed by atoms with E-state index in [1.165, 1.54) is 0 Å². The minimum absolute atomic E-state index is 0.553. The molecular weight excluding hydrogens is 182 g/mol. The van der Waals surface area contributed by atoms with Crippen molar-refractivity contribution in [2.24, 2.45) is 0 Å². The molecule has 0 aromatic rings. The van der Waals surface area contributed by atoms with Crippen molar-refractivity contribution in [2.45, 2.75) is 26.3 Å². The molecule has 15 heavy (non-hydrogen) atoms. The van der Waals surface area contributed by atoms with Crippen molar-refractivity contribution in [2.75, 3.05) is 13.6 Å². The normalized spacial score (nSPS) is 13.9. The van der Waals surface area contributed by atoms with E-state index < -0.39 is 0 Å². The number of hydrogen-bond donors (Lipinski definition) is 0. The van der Waals surface area contributed by atoms with E-state index in [1.54, 1.807) is 0 Å². The molecule has 0 saturated carbocycles. The molecule has 1 unspecified atom stereocenters. The Balaban J connectivity index is 3.83. The van der Waals surface area contributed by atoms with Gasteiger partial charge in [0.2, 0.25) is 0 Å². The number of likely N-dealkylation sites (N-methyl/N-ethyl adjacent to an activating group) is 1. The fourth-order valence-corrected chi connectivity index (χ4v) is 1.13. The topological polar surface area (TPSA) is 3.24 Å². The molecule has 0 fully saturated rings. The van der Waals surface area contributed by atoms with Crippen LogP contribution in [0.3, 0.4) is 0 Å². The van der Waals surface area contributed by atoms with Crippen LogP contribution in [0.4, 0.5) is 0 Å². The van der Waals surface area contributed by atoms with Crippen LogP contribution in [0.25, 0.3) is 0 Å². The van der Waals surface area contributed by atoms with Crippen LogP contribution in [0.1, 0.15) is 20.3 Å². The van der Waals surface area contributed by atoms with Gasteiger partial charge in [-0.05, 0) is 27.3 Å². The molecule has 0 rings (SSSR count). The Bertz CT molecular complexity index is 248. The molecule has 0 amide bonds. The Labute approximate surface area is 94.5 Å². The fourth-order valence-electron chi connectivity index (χ4n) is 1.13. The minimum Gasteiger partial charge on any atom is -0.300 e. The third-order valence-electron chi connectivity index (χ3n) is 2.28. The van der Waals surface area contributed by atoms with E-state index in [2.05, 4.69) is 44.2 Å². The third kappa shape index (κ3) is 7.95. The summed E-state index contributed by atoms with van der Waals surface area (Å²) in [5, 5.41) is 0. The van der Waals surface area contributed by atoms with Gasteiger partial charge in [-0.3, -0.25) is 4.90 Å². The second-order valence-corrected chi connectivity index (χ2v) is 3.95. The summed E-state index contributed by atoms with van der Waals surface area (Å²) in [5.74, 6) is 0. The lowest BCUT2D eigenvalue weighted by Gasteiger charge is -2.21. The summed E-state index contributed by atoms with van der Waals surface area (Å²) in [6.07, 6.45) is 11.2. The summed E-state index contributed by atoms with van der Waals surface area (Å²) < 4.78 is 0. The van der Waals surface area contributed by atoms with E-state index >= 15 is 0 Å².